The second-order valence-corrected chi connectivity index (χ2v) is 7.36. The maximum atomic E-state index is 11.5. The third-order valence-corrected chi connectivity index (χ3v) is 5.68. The number of rotatable bonds is 4. The molecular formula is C21H27N5O3. The molecule has 0 N–H and O–H groups in total. The zero-order chi connectivity index (χ0) is 20.4. The summed E-state index contributed by atoms with van der Waals surface area (Å²) in [4.78, 5) is 27.2. The maximum absolute atomic E-state index is 11.5. The van der Waals surface area contributed by atoms with Crippen molar-refractivity contribution in [3.8, 4) is 11.5 Å². The molecule has 1 fully saturated rings. The fraction of sp³-hybridized carbons (Fsp3) is 0.476. The molecule has 8 heteroatoms. The number of fused-ring (bicyclic) bond motifs is 1. The fourth-order valence-electron chi connectivity index (χ4n) is 3.97. The molecule has 2 aliphatic rings. The van der Waals surface area contributed by atoms with Crippen molar-refractivity contribution in [2.24, 2.45) is 0 Å². The number of hydrogen-bond donors (Lipinski definition) is 0. The van der Waals surface area contributed by atoms with Crippen molar-refractivity contribution in [3.63, 3.8) is 0 Å². The lowest BCUT2D eigenvalue weighted by atomic mass is 9.99. The van der Waals surface area contributed by atoms with Crippen LogP contribution >= 0.6 is 0 Å². The number of benzene rings is 1. The molecular weight excluding hydrogens is 370 g/mol. The van der Waals surface area contributed by atoms with Gasteiger partial charge in [-0.3, -0.25) is 4.79 Å². The average molecular weight is 397 g/mol. The lowest BCUT2D eigenvalue weighted by molar-refractivity contribution is -0.129. The van der Waals surface area contributed by atoms with Crippen LogP contribution in [0.1, 0.15) is 18.1 Å². The minimum Gasteiger partial charge on any atom is -0.493 e. The highest BCUT2D eigenvalue weighted by molar-refractivity contribution is 5.73. The molecule has 154 valence electrons. The quantitative estimate of drug-likeness (QED) is 0.778. The van der Waals surface area contributed by atoms with E-state index in [0.29, 0.717) is 0 Å². The molecule has 1 aromatic heterocycles. The molecule has 1 aromatic carbocycles. The number of piperazine rings is 1. The van der Waals surface area contributed by atoms with Gasteiger partial charge < -0.3 is 24.2 Å². The van der Waals surface area contributed by atoms with E-state index in [-0.39, 0.29) is 5.91 Å². The van der Waals surface area contributed by atoms with Crippen LogP contribution in [-0.2, 0) is 17.8 Å². The summed E-state index contributed by atoms with van der Waals surface area (Å²) in [6, 6.07) is 6.06. The summed E-state index contributed by atoms with van der Waals surface area (Å²) in [5.74, 6) is 3.29. The summed E-state index contributed by atoms with van der Waals surface area (Å²) in [5.41, 5.74) is 2.48. The summed E-state index contributed by atoms with van der Waals surface area (Å²) in [6.07, 6.45) is 2.72. The topological polar surface area (TPSA) is 71.0 Å². The van der Waals surface area contributed by atoms with E-state index in [0.717, 1.165) is 69.0 Å². The first kappa shape index (κ1) is 19.3. The van der Waals surface area contributed by atoms with E-state index in [1.807, 2.05) is 23.2 Å². The molecule has 0 aliphatic carbocycles. The van der Waals surface area contributed by atoms with Gasteiger partial charge in [-0.15, -0.1) is 0 Å². The molecule has 0 radical (unpaired) electrons. The number of ether oxygens (including phenoxy) is 2. The molecule has 8 nitrogen and oxygen atoms in total. The molecule has 0 saturated carbocycles. The number of amides is 1. The highest BCUT2D eigenvalue weighted by atomic mass is 16.5. The van der Waals surface area contributed by atoms with Crippen LogP contribution in [0.5, 0.6) is 11.5 Å². The van der Waals surface area contributed by atoms with Crippen molar-refractivity contribution in [3.05, 3.63) is 35.5 Å². The molecule has 0 spiro atoms. The van der Waals surface area contributed by atoms with Crippen LogP contribution < -0.4 is 19.3 Å². The molecule has 4 rings (SSSR count). The molecule has 0 bridgehead atoms. The molecule has 2 aliphatic heterocycles. The van der Waals surface area contributed by atoms with Gasteiger partial charge in [-0.05, 0) is 35.7 Å². The van der Waals surface area contributed by atoms with Gasteiger partial charge in [-0.25, -0.2) is 4.98 Å². The van der Waals surface area contributed by atoms with Crippen LogP contribution in [0.4, 0.5) is 11.8 Å². The largest absolute Gasteiger partial charge is 0.493 e. The predicted molar refractivity (Wildman–Crippen MR) is 111 cm³/mol. The number of nitrogens with zero attached hydrogens (tertiary/aromatic N) is 5. The smallest absolute Gasteiger partial charge is 0.227 e. The van der Waals surface area contributed by atoms with Gasteiger partial charge in [-0.2, -0.15) is 4.98 Å². The first-order valence-corrected chi connectivity index (χ1v) is 9.91. The third kappa shape index (κ3) is 3.92. The lowest BCUT2D eigenvalue weighted by Crippen LogP contribution is -2.48. The van der Waals surface area contributed by atoms with Crippen molar-refractivity contribution in [1.29, 1.82) is 0 Å². The van der Waals surface area contributed by atoms with Gasteiger partial charge >= 0.3 is 0 Å². The van der Waals surface area contributed by atoms with Crippen LogP contribution in [0, 0.1) is 0 Å². The molecule has 0 atom stereocenters. The Kier molecular flexibility index (Phi) is 5.42. The second kappa shape index (κ2) is 8.14. The Balaban J connectivity index is 1.50. The first-order valence-electron chi connectivity index (χ1n) is 9.91. The van der Waals surface area contributed by atoms with Crippen LogP contribution in [0.2, 0.25) is 0 Å². The molecule has 1 saturated heterocycles. The number of carbonyl (C=O) groups excluding carboxylic acids is 1. The fourth-order valence-corrected chi connectivity index (χ4v) is 3.97. The van der Waals surface area contributed by atoms with Crippen molar-refractivity contribution in [2.45, 2.75) is 19.9 Å². The summed E-state index contributed by atoms with van der Waals surface area (Å²) in [5, 5.41) is 0. The Morgan fingerprint density at radius 2 is 1.66 bits per heavy atom. The number of methoxy groups -OCH3 is 2. The Labute approximate surface area is 171 Å². The Hall–Kier alpha value is -3.03. The highest BCUT2D eigenvalue weighted by Gasteiger charge is 2.23. The number of aromatic nitrogens is 2. The van der Waals surface area contributed by atoms with Gasteiger partial charge in [0.15, 0.2) is 11.5 Å². The van der Waals surface area contributed by atoms with Crippen molar-refractivity contribution >= 4 is 17.7 Å². The van der Waals surface area contributed by atoms with E-state index in [2.05, 4.69) is 20.9 Å². The van der Waals surface area contributed by atoms with E-state index in [9.17, 15) is 4.79 Å². The number of hydrogen-bond acceptors (Lipinski definition) is 7. The molecule has 29 heavy (non-hydrogen) atoms. The maximum Gasteiger partial charge on any atom is 0.227 e. The van der Waals surface area contributed by atoms with Gasteiger partial charge in [0.25, 0.3) is 0 Å². The molecule has 0 unspecified atom stereocenters. The second-order valence-electron chi connectivity index (χ2n) is 7.36. The monoisotopic (exact) mass is 397 g/mol. The van der Waals surface area contributed by atoms with Gasteiger partial charge in [0.1, 0.15) is 5.82 Å². The number of carbonyl (C=O) groups is 1. The molecule has 1 amide bonds. The lowest BCUT2D eigenvalue weighted by Gasteiger charge is -2.35. The Morgan fingerprint density at radius 3 is 2.31 bits per heavy atom. The van der Waals surface area contributed by atoms with Crippen molar-refractivity contribution in [2.75, 3.05) is 56.7 Å². The predicted octanol–water partition coefficient (Wildman–Crippen LogP) is 1.72. The van der Waals surface area contributed by atoms with E-state index in [4.69, 9.17) is 14.5 Å². The van der Waals surface area contributed by atoms with Gasteiger partial charge in [-0.1, -0.05) is 0 Å². The third-order valence-electron chi connectivity index (χ3n) is 5.68. The average Bonchev–Trinajstić information content (AvgIpc) is 2.77. The molecule has 2 aromatic rings. The SMILES string of the molecule is COc1cc2c(cc1OC)CN(c1nccc(N3CCN(C(C)=O)CC3)n1)CC2. The molecule has 3 heterocycles. The summed E-state index contributed by atoms with van der Waals surface area (Å²) in [6.45, 7) is 6.24. The highest BCUT2D eigenvalue weighted by Crippen LogP contribution is 2.34. The normalized spacial score (nSPS) is 16.4. The summed E-state index contributed by atoms with van der Waals surface area (Å²) >= 11 is 0. The van der Waals surface area contributed by atoms with E-state index >= 15 is 0 Å². The first-order chi connectivity index (χ1) is 14.1. The van der Waals surface area contributed by atoms with E-state index < -0.39 is 0 Å². The minimum absolute atomic E-state index is 0.132. The van der Waals surface area contributed by atoms with E-state index in [1.54, 1.807) is 21.1 Å². The van der Waals surface area contributed by atoms with Gasteiger partial charge in [0.05, 0.1) is 14.2 Å². The van der Waals surface area contributed by atoms with Crippen LogP contribution in [-0.4, -0.2) is 67.7 Å². The zero-order valence-electron chi connectivity index (χ0n) is 17.2. The Morgan fingerprint density at radius 1 is 0.966 bits per heavy atom. The standard InChI is InChI=1S/C21H27N5O3/c1-15(27)24-8-10-25(11-9-24)20-4-6-22-21(23-20)26-7-5-16-12-18(28-2)19(29-3)13-17(16)14-26/h4,6,12-13H,5,7-11,14H2,1-3H3. The summed E-state index contributed by atoms with van der Waals surface area (Å²) in [7, 11) is 3.32. The van der Waals surface area contributed by atoms with Crippen LogP contribution in [0.15, 0.2) is 24.4 Å². The van der Waals surface area contributed by atoms with Crippen molar-refractivity contribution < 1.29 is 14.3 Å². The summed E-state index contributed by atoms with van der Waals surface area (Å²) < 4.78 is 10.9. The number of anilines is 2. The van der Waals surface area contributed by atoms with Gasteiger partial charge in [0, 0.05) is 52.4 Å². The zero-order valence-corrected chi connectivity index (χ0v) is 17.2. The van der Waals surface area contributed by atoms with Crippen LogP contribution in [0.25, 0.3) is 0 Å². The van der Waals surface area contributed by atoms with Crippen molar-refractivity contribution in [1.82, 2.24) is 14.9 Å². The minimum atomic E-state index is 0.132. The van der Waals surface area contributed by atoms with Crippen LogP contribution in [0.3, 0.4) is 0 Å². The Bertz CT molecular complexity index is 896. The van der Waals surface area contributed by atoms with Gasteiger partial charge in [0.2, 0.25) is 11.9 Å². The van der Waals surface area contributed by atoms with E-state index in [1.165, 1.54) is 11.1 Å².